The molecule has 1 heteroatoms. The highest BCUT2D eigenvalue weighted by Crippen LogP contribution is 2.20. The van der Waals surface area contributed by atoms with Gasteiger partial charge in [0.1, 0.15) is 6.29 Å². The summed E-state index contributed by atoms with van der Waals surface area (Å²) in [7, 11) is 0. The molecular formula is C16H20O. The minimum Gasteiger partial charge on any atom is -0.303 e. The molecule has 0 aromatic heterocycles. The van der Waals surface area contributed by atoms with Crippen molar-refractivity contribution in [2.24, 2.45) is 0 Å². The zero-order valence-electron chi connectivity index (χ0n) is 10.9. The van der Waals surface area contributed by atoms with Crippen LogP contribution in [0.4, 0.5) is 0 Å². The van der Waals surface area contributed by atoms with E-state index in [1.54, 1.807) is 0 Å². The first-order chi connectivity index (χ1) is 8.10. The highest BCUT2D eigenvalue weighted by atomic mass is 16.1. The lowest BCUT2D eigenvalue weighted by atomic mass is 9.93. The lowest BCUT2D eigenvalue weighted by Crippen LogP contribution is -1.98. The van der Waals surface area contributed by atoms with Crippen molar-refractivity contribution in [1.82, 2.24) is 0 Å². The van der Waals surface area contributed by atoms with Crippen LogP contribution in [0.1, 0.15) is 30.0 Å². The lowest BCUT2D eigenvalue weighted by molar-refractivity contribution is -0.107. The molecule has 0 saturated heterocycles. The Morgan fingerprint density at radius 2 is 2.06 bits per heavy atom. The molecule has 0 aliphatic rings. The van der Waals surface area contributed by atoms with E-state index in [1.807, 2.05) is 13.0 Å². The van der Waals surface area contributed by atoms with E-state index in [0.29, 0.717) is 6.42 Å². The van der Waals surface area contributed by atoms with E-state index in [2.05, 4.69) is 38.6 Å². The fourth-order valence-electron chi connectivity index (χ4n) is 1.90. The second kappa shape index (κ2) is 6.19. The third kappa shape index (κ3) is 3.42. The molecule has 0 aliphatic carbocycles. The van der Waals surface area contributed by atoms with Crippen molar-refractivity contribution in [2.75, 3.05) is 0 Å². The summed E-state index contributed by atoms with van der Waals surface area (Å²) < 4.78 is 0. The lowest BCUT2D eigenvalue weighted by Gasteiger charge is -2.12. The maximum Gasteiger partial charge on any atom is 0.124 e. The Balaban J connectivity index is 2.88. The third-order valence-corrected chi connectivity index (χ3v) is 3.23. The van der Waals surface area contributed by atoms with E-state index in [1.165, 1.54) is 16.7 Å². The maximum absolute atomic E-state index is 10.6. The van der Waals surface area contributed by atoms with Gasteiger partial charge in [0, 0.05) is 6.42 Å². The fraction of sp³-hybridized carbons (Fsp3) is 0.312. The molecule has 1 rings (SSSR count). The van der Waals surface area contributed by atoms with Crippen LogP contribution in [0.15, 0.2) is 42.0 Å². The van der Waals surface area contributed by atoms with Crippen LogP contribution in [0.5, 0.6) is 0 Å². The molecule has 0 aliphatic heterocycles. The summed E-state index contributed by atoms with van der Waals surface area (Å²) >= 11 is 0. The third-order valence-electron chi connectivity index (χ3n) is 3.23. The molecule has 0 radical (unpaired) electrons. The standard InChI is InChI=1S/C16H20O/c1-5-15(9-10-17)13(3)11-16-8-6-7-12(2)14(16)4/h5-8,10H,3,9,11H2,1-2,4H3/b15-5-. The quantitative estimate of drug-likeness (QED) is 0.551. The fourth-order valence-corrected chi connectivity index (χ4v) is 1.90. The van der Waals surface area contributed by atoms with Gasteiger partial charge in [0.2, 0.25) is 0 Å². The average molecular weight is 228 g/mol. The molecule has 17 heavy (non-hydrogen) atoms. The predicted octanol–water partition coefficient (Wildman–Crippen LogP) is 3.94. The van der Waals surface area contributed by atoms with Crippen molar-refractivity contribution in [3.63, 3.8) is 0 Å². The number of hydrogen-bond acceptors (Lipinski definition) is 1. The van der Waals surface area contributed by atoms with Gasteiger partial charge in [-0.2, -0.15) is 0 Å². The Bertz CT molecular complexity index is 453. The van der Waals surface area contributed by atoms with Crippen LogP contribution < -0.4 is 0 Å². The minimum absolute atomic E-state index is 0.459. The summed E-state index contributed by atoms with van der Waals surface area (Å²) in [5.41, 5.74) is 5.98. The molecule has 0 spiro atoms. The van der Waals surface area contributed by atoms with Crippen LogP contribution in [0.3, 0.4) is 0 Å². The van der Waals surface area contributed by atoms with Crippen molar-refractivity contribution in [1.29, 1.82) is 0 Å². The zero-order chi connectivity index (χ0) is 12.8. The zero-order valence-corrected chi connectivity index (χ0v) is 10.9. The van der Waals surface area contributed by atoms with E-state index in [-0.39, 0.29) is 0 Å². The number of rotatable bonds is 5. The van der Waals surface area contributed by atoms with Crippen molar-refractivity contribution in [3.8, 4) is 0 Å². The van der Waals surface area contributed by atoms with E-state index in [4.69, 9.17) is 0 Å². The molecule has 0 N–H and O–H groups in total. The van der Waals surface area contributed by atoms with Crippen LogP contribution in [-0.2, 0) is 11.2 Å². The minimum atomic E-state index is 0.459. The van der Waals surface area contributed by atoms with Crippen LogP contribution in [0, 0.1) is 13.8 Å². The molecule has 1 aromatic rings. The van der Waals surface area contributed by atoms with Crippen molar-refractivity contribution in [3.05, 3.63) is 58.7 Å². The van der Waals surface area contributed by atoms with Gasteiger partial charge >= 0.3 is 0 Å². The van der Waals surface area contributed by atoms with Gasteiger partial charge in [-0.1, -0.05) is 30.9 Å². The second-order valence-corrected chi connectivity index (χ2v) is 4.32. The van der Waals surface area contributed by atoms with Gasteiger partial charge in [0.25, 0.3) is 0 Å². The van der Waals surface area contributed by atoms with Crippen LogP contribution in [0.25, 0.3) is 0 Å². The summed E-state index contributed by atoms with van der Waals surface area (Å²) in [6.45, 7) is 10.3. The Morgan fingerprint density at radius 1 is 1.35 bits per heavy atom. The van der Waals surface area contributed by atoms with Crippen molar-refractivity contribution in [2.45, 2.75) is 33.6 Å². The van der Waals surface area contributed by atoms with Gasteiger partial charge in [0.05, 0.1) is 0 Å². The highest BCUT2D eigenvalue weighted by Gasteiger charge is 2.06. The Kier molecular flexibility index (Phi) is 4.89. The van der Waals surface area contributed by atoms with E-state index in [0.717, 1.165) is 23.9 Å². The molecule has 0 atom stereocenters. The van der Waals surface area contributed by atoms with E-state index < -0.39 is 0 Å². The number of aryl methyl sites for hydroxylation is 1. The van der Waals surface area contributed by atoms with Crippen molar-refractivity contribution < 1.29 is 4.79 Å². The highest BCUT2D eigenvalue weighted by molar-refractivity contribution is 5.58. The topological polar surface area (TPSA) is 17.1 Å². The number of allylic oxidation sites excluding steroid dienone is 3. The Labute approximate surface area is 104 Å². The molecule has 0 saturated carbocycles. The first-order valence-corrected chi connectivity index (χ1v) is 5.92. The summed E-state index contributed by atoms with van der Waals surface area (Å²) in [6, 6.07) is 6.31. The first-order valence-electron chi connectivity index (χ1n) is 5.92. The molecular weight excluding hydrogens is 208 g/mol. The number of hydrogen-bond donors (Lipinski definition) is 0. The summed E-state index contributed by atoms with van der Waals surface area (Å²) in [5, 5.41) is 0. The van der Waals surface area contributed by atoms with Gasteiger partial charge < -0.3 is 4.79 Å². The van der Waals surface area contributed by atoms with Crippen LogP contribution >= 0.6 is 0 Å². The Hall–Kier alpha value is -1.63. The molecule has 0 heterocycles. The molecule has 0 bridgehead atoms. The monoisotopic (exact) mass is 228 g/mol. The molecule has 1 nitrogen and oxygen atoms in total. The van der Waals surface area contributed by atoms with Crippen LogP contribution in [0.2, 0.25) is 0 Å². The van der Waals surface area contributed by atoms with Gasteiger partial charge in [-0.15, -0.1) is 0 Å². The van der Waals surface area contributed by atoms with E-state index >= 15 is 0 Å². The SMILES string of the molecule is C=C(Cc1cccc(C)c1C)/C(=C\C)CC=O. The smallest absolute Gasteiger partial charge is 0.124 e. The normalized spacial score (nSPS) is 11.4. The summed E-state index contributed by atoms with van der Waals surface area (Å²) in [6.07, 6.45) is 4.19. The first kappa shape index (κ1) is 13.4. The van der Waals surface area contributed by atoms with Crippen molar-refractivity contribution >= 4 is 6.29 Å². The molecule has 90 valence electrons. The number of benzene rings is 1. The largest absolute Gasteiger partial charge is 0.303 e. The van der Waals surface area contributed by atoms with Gasteiger partial charge in [-0.05, 0) is 55.0 Å². The Morgan fingerprint density at radius 3 is 2.65 bits per heavy atom. The van der Waals surface area contributed by atoms with E-state index in [9.17, 15) is 4.79 Å². The molecule has 0 fully saturated rings. The van der Waals surface area contributed by atoms with Gasteiger partial charge in [0.15, 0.2) is 0 Å². The number of carbonyl (C=O) groups excluding carboxylic acids is 1. The maximum atomic E-state index is 10.6. The average Bonchev–Trinajstić information content (AvgIpc) is 2.31. The predicted molar refractivity (Wildman–Crippen MR) is 73.2 cm³/mol. The second-order valence-electron chi connectivity index (χ2n) is 4.32. The summed E-state index contributed by atoms with van der Waals surface area (Å²) in [4.78, 5) is 10.6. The number of carbonyl (C=O) groups is 1. The van der Waals surface area contributed by atoms with Crippen LogP contribution in [-0.4, -0.2) is 6.29 Å². The van der Waals surface area contributed by atoms with Gasteiger partial charge in [-0.3, -0.25) is 0 Å². The summed E-state index contributed by atoms with van der Waals surface area (Å²) in [5.74, 6) is 0. The molecule has 1 aromatic carbocycles. The molecule has 0 amide bonds. The van der Waals surface area contributed by atoms with Gasteiger partial charge in [-0.25, -0.2) is 0 Å². The molecule has 0 unspecified atom stereocenters. The number of aldehydes is 1.